The molecule has 0 fully saturated rings. The first-order valence-electron chi connectivity index (χ1n) is 7.11. The lowest BCUT2D eigenvalue weighted by molar-refractivity contribution is 0.00219. The molecule has 0 aliphatic carbocycles. The van der Waals surface area contributed by atoms with Gasteiger partial charge in [0.1, 0.15) is 11.4 Å². The lowest BCUT2D eigenvalue weighted by Crippen LogP contribution is -2.43. The maximum Gasteiger partial charge on any atom is 0.241 e. The molecule has 7 heteroatoms. The third-order valence-corrected chi connectivity index (χ3v) is 6.26. The summed E-state index contributed by atoms with van der Waals surface area (Å²) in [5.41, 5.74) is -0.690. The molecular weight excluding hydrogens is 382 g/mol. The molecule has 2 aromatic carbocycles. The van der Waals surface area contributed by atoms with Gasteiger partial charge in [0, 0.05) is 23.0 Å². The van der Waals surface area contributed by atoms with Crippen LogP contribution in [-0.4, -0.2) is 26.7 Å². The SMILES string of the molecule is O=S(=O)(NC[C@@]1(O)CCOc2ccccc21)c1ccccc1Br. The maximum absolute atomic E-state index is 12.5. The summed E-state index contributed by atoms with van der Waals surface area (Å²) in [6.07, 6.45) is 0.322. The predicted molar refractivity (Wildman–Crippen MR) is 89.8 cm³/mol. The first kappa shape index (κ1) is 16.4. The molecule has 122 valence electrons. The number of ether oxygens (including phenoxy) is 1. The maximum atomic E-state index is 12.5. The quantitative estimate of drug-likeness (QED) is 0.830. The molecule has 0 radical (unpaired) electrons. The van der Waals surface area contributed by atoms with Crippen LogP contribution < -0.4 is 9.46 Å². The Balaban J connectivity index is 1.85. The number of aliphatic hydroxyl groups is 1. The molecule has 2 aromatic rings. The highest BCUT2D eigenvalue weighted by molar-refractivity contribution is 9.10. The molecule has 0 saturated heterocycles. The number of hydrogen-bond donors (Lipinski definition) is 2. The number of nitrogens with one attached hydrogen (secondary N) is 1. The molecule has 0 saturated carbocycles. The second-order valence-corrected chi connectivity index (χ2v) is 7.97. The van der Waals surface area contributed by atoms with Gasteiger partial charge in [-0.3, -0.25) is 0 Å². The average molecular weight is 398 g/mol. The standard InChI is InChI=1S/C16H16BrNO4S/c17-13-6-2-4-8-15(13)23(20,21)18-11-16(19)9-10-22-14-7-3-1-5-12(14)16/h1-8,18-19H,9-11H2/t16-/m0/s1. The van der Waals surface area contributed by atoms with Crippen LogP contribution in [0.3, 0.4) is 0 Å². The van der Waals surface area contributed by atoms with Crippen molar-refractivity contribution in [3.8, 4) is 5.75 Å². The van der Waals surface area contributed by atoms with E-state index in [0.717, 1.165) is 0 Å². The van der Waals surface area contributed by atoms with E-state index in [2.05, 4.69) is 20.7 Å². The van der Waals surface area contributed by atoms with Gasteiger partial charge >= 0.3 is 0 Å². The lowest BCUT2D eigenvalue weighted by Gasteiger charge is -2.34. The van der Waals surface area contributed by atoms with E-state index in [-0.39, 0.29) is 11.4 Å². The molecule has 23 heavy (non-hydrogen) atoms. The highest BCUT2D eigenvalue weighted by Crippen LogP contribution is 2.36. The van der Waals surface area contributed by atoms with Crippen LogP contribution in [-0.2, 0) is 15.6 Å². The second-order valence-electron chi connectivity index (χ2n) is 5.38. The molecule has 1 aliphatic heterocycles. The molecule has 0 aromatic heterocycles. The zero-order valence-corrected chi connectivity index (χ0v) is 14.6. The van der Waals surface area contributed by atoms with Crippen molar-refractivity contribution in [2.24, 2.45) is 0 Å². The minimum atomic E-state index is -3.73. The Labute approximate surface area is 143 Å². The number of rotatable bonds is 4. The van der Waals surface area contributed by atoms with Crippen LogP contribution in [0.1, 0.15) is 12.0 Å². The van der Waals surface area contributed by atoms with E-state index >= 15 is 0 Å². The van der Waals surface area contributed by atoms with Crippen molar-refractivity contribution < 1.29 is 18.3 Å². The van der Waals surface area contributed by atoms with Crippen LogP contribution in [0.25, 0.3) is 0 Å². The summed E-state index contributed by atoms with van der Waals surface area (Å²) in [5, 5.41) is 10.9. The van der Waals surface area contributed by atoms with E-state index in [9.17, 15) is 13.5 Å². The largest absolute Gasteiger partial charge is 0.493 e. The first-order chi connectivity index (χ1) is 10.9. The molecule has 2 N–H and O–H groups in total. The Morgan fingerprint density at radius 1 is 1.17 bits per heavy atom. The minimum absolute atomic E-state index is 0.114. The minimum Gasteiger partial charge on any atom is -0.493 e. The number of fused-ring (bicyclic) bond motifs is 1. The van der Waals surface area contributed by atoms with Gasteiger partial charge in [-0.2, -0.15) is 0 Å². The molecule has 1 aliphatic rings. The van der Waals surface area contributed by atoms with Crippen molar-refractivity contribution in [2.75, 3.05) is 13.2 Å². The van der Waals surface area contributed by atoms with Crippen LogP contribution in [0, 0.1) is 0 Å². The Morgan fingerprint density at radius 3 is 2.65 bits per heavy atom. The van der Waals surface area contributed by atoms with Gasteiger partial charge in [-0.1, -0.05) is 30.3 Å². The van der Waals surface area contributed by atoms with Gasteiger partial charge in [-0.05, 0) is 34.1 Å². The molecule has 0 spiro atoms. The van der Waals surface area contributed by atoms with Crippen molar-refractivity contribution in [3.05, 3.63) is 58.6 Å². The van der Waals surface area contributed by atoms with E-state index in [1.807, 2.05) is 6.07 Å². The first-order valence-corrected chi connectivity index (χ1v) is 9.39. The van der Waals surface area contributed by atoms with Gasteiger partial charge < -0.3 is 9.84 Å². The fraction of sp³-hybridized carbons (Fsp3) is 0.250. The molecule has 0 unspecified atom stereocenters. The highest BCUT2D eigenvalue weighted by atomic mass is 79.9. The Bertz CT molecular complexity index is 824. The smallest absolute Gasteiger partial charge is 0.241 e. The zero-order valence-electron chi connectivity index (χ0n) is 12.2. The van der Waals surface area contributed by atoms with Crippen LogP contribution in [0.5, 0.6) is 5.75 Å². The van der Waals surface area contributed by atoms with Gasteiger partial charge in [-0.15, -0.1) is 0 Å². The van der Waals surface area contributed by atoms with Crippen molar-refractivity contribution in [2.45, 2.75) is 16.9 Å². The van der Waals surface area contributed by atoms with Gasteiger partial charge in [0.15, 0.2) is 0 Å². The van der Waals surface area contributed by atoms with Gasteiger partial charge in [0.05, 0.1) is 11.5 Å². The normalized spacial score (nSPS) is 20.6. The van der Waals surface area contributed by atoms with Crippen molar-refractivity contribution >= 4 is 26.0 Å². The van der Waals surface area contributed by atoms with Crippen LogP contribution in [0.15, 0.2) is 57.9 Å². The van der Waals surface area contributed by atoms with Crippen LogP contribution >= 0.6 is 15.9 Å². The highest BCUT2D eigenvalue weighted by Gasteiger charge is 2.36. The van der Waals surface area contributed by atoms with Crippen molar-refractivity contribution in [3.63, 3.8) is 0 Å². The summed E-state index contributed by atoms with van der Waals surface area (Å²) in [4.78, 5) is 0.143. The third-order valence-electron chi connectivity index (χ3n) is 3.84. The summed E-state index contributed by atoms with van der Waals surface area (Å²) < 4.78 is 33.4. The van der Waals surface area contributed by atoms with Crippen molar-refractivity contribution in [1.29, 1.82) is 0 Å². The lowest BCUT2D eigenvalue weighted by atomic mass is 9.88. The van der Waals surface area contributed by atoms with Gasteiger partial charge in [0.25, 0.3) is 0 Å². The van der Waals surface area contributed by atoms with Crippen LogP contribution in [0.4, 0.5) is 0 Å². The molecule has 1 atom stereocenters. The molecule has 1 heterocycles. The van der Waals surface area contributed by atoms with Crippen LogP contribution in [0.2, 0.25) is 0 Å². The molecular formula is C16H16BrNO4S. The average Bonchev–Trinajstić information content (AvgIpc) is 2.54. The zero-order chi connectivity index (χ0) is 16.5. The number of benzene rings is 2. The Hall–Kier alpha value is -1.41. The summed E-state index contributed by atoms with van der Waals surface area (Å²) in [5.74, 6) is 0.585. The van der Waals surface area contributed by atoms with E-state index < -0.39 is 15.6 Å². The number of para-hydroxylation sites is 1. The summed E-state index contributed by atoms with van der Waals surface area (Å²) >= 11 is 3.24. The fourth-order valence-electron chi connectivity index (χ4n) is 2.58. The van der Waals surface area contributed by atoms with Crippen molar-refractivity contribution in [1.82, 2.24) is 4.72 Å². The molecule has 0 bridgehead atoms. The second kappa shape index (κ2) is 6.24. The third kappa shape index (κ3) is 3.28. The molecule has 0 amide bonds. The Morgan fingerprint density at radius 2 is 1.87 bits per heavy atom. The number of sulfonamides is 1. The van der Waals surface area contributed by atoms with E-state index in [1.54, 1.807) is 36.4 Å². The van der Waals surface area contributed by atoms with Gasteiger partial charge in [-0.25, -0.2) is 13.1 Å². The van der Waals surface area contributed by atoms with E-state index in [4.69, 9.17) is 4.74 Å². The molecule has 5 nitrogen and oxygen atoms in total. The van der Waals surface area contributed by atoms with E-state index in [1.165, 1.54) is 6.07 Å². The number of halogens is 1. The monoisotopic (exact) mass is 397 g/mol. The van der Waals surface area contributed by atoms with Gasteiger partial charge in [0.2, 0.25) is 10.0 Å². The predicted octanol–water partition coefficient (Wildman–Crippen LogP) is 2.40. The molecule has 3 rings (SSSR count). The Kier molecular flexibility index (Phi) is 4.46. The topological polar surface area (TPSA) is 75.6 Å². The summed E-state index contributed by atoms with van der Waals surface area (Å²) in [6.45, 7) is 0.224. The van der Waals surface area contributed by atoms with E-state index in [0.29, 0.717) is 28.8 Å². The number of hydrogen-bond acceptors (Lipinski definition) is 4. The summed E-state index contributed by atoms with van der Waals surface area (Å²) in [6, 6.07) is 13.7. The summed E-state index contributed by atoms with van der Waals surface area (Å²) in [7, 11) is -3.73. The fourth-order valence-corrected chi connectivity index (χ4v) is 4.67.